The third kappa shape index (κ3) is 3.19. The van der Waals surface area contributed by atoms with Crippen LogP contribution in [0.25, 0.3) is 0 Å². The topological polar surface area (TPSA) is 108 Å². The van der Waals surface area contributed by atoms with Crippen molar-refractivity contribution >= 4 is 23.4 Å². The molecule has 0 fully saturated rings. The van der Waals surface area contributed by atoms with Crippen LogP contribution >= 0.6 is 11.8 Å². The molecule has 0 unspecified atom stereocenters. The van der Waals surface area contributed by atoms with Crippen LogP contribution in [0.3, 0.4) is 0 Å². The molecule has 0 saturated carbocycles. The van der Waals surface area contributed by atoms with Crippen molar-refractivity contribution in [2.45, 2.75) is 24.0 Å². The summed E-state index contributed by atoms with van der Waals surface area (Å²) in [4.78, 5) is 24.0. The molecule has 0 aliphatic carbocycles. The Morgan fingerprint density at radius 3 is 2.42 bits per heavy atom. The molecule has 0 bridgehead atoms. The fraction of sp³-hybridized carbons (Fsp3) is 0.167. The predicted molar refractivity (Wildman–Crippen MR) is 72.8 cm³/mol. The fourth-order valence-corrected chi connectivity index (χ4v) is 2.48. The van der Waals surface area contributed by atoms with E-state index >= 15 is 0 Å². The van der Waals surface area contributed by atoms with Crippen LogP contribution in [-0.4, -0.2) is 20.9 Å². The third-order valence-corrected chi connectivity index (χ3v) is 3.17. The van der Waals surface area contributed by atoms with Gasteiger partial charge in [-0.25, -0.2) is 15.0 Å². The SMILES string of the molecule is Cc1cc(C)nc(Sc2ncc(N)cc2C(N)=O)n1. The summed E-state index contributed by atoms with van der Waals surface area (Å²) in [6.45, 7) is 3.76. The average Bonchev–Trinajstić information content (AvgIpc) is 2.30. The van der Waals surface area contributed by atoms with Crippen molar-refractivity contribution in [3.05, 3.63) is 35.3 Å². The first-order valence-electron chi connectivity index (χ1n) is 5.51. The monoisotopic (exact) mass is 275 g/mol. The number of anilines is 1. The summed E-state index contributed by atoms with van der Waals surface area (Å²) >= 11 is 1.19. The normalized spacial score (nSPS) is 10.4. The van der Waals surface area contributed by atoms with Crippen molar-refractivity contribution in [3.8, 4) is 0 Å². The van der Waals surface area contributed by atoms with Crippen LogP contribution < -0.4 is 11.5 Å². The quantitative estimate of drug-likeness (QED) is 0.818. The predicted octanol–water partition coefficient (Wildman–Crippen LogP) is 1.32. The van der Waals surface area contributed by atoms with Crippen LogP contribution in [0.5, 0.6) is 0 Å². The summed E-state index contributed by atoms with van der Waals surface area (Å²) < 4.78 is 0. The standard InChI is InChI=1S/C12H13N5OS/c1-6-3-7(2)17-12(16-6)19-11-9(10(14)18)4-8(13)5-15-11/h3-5H,13H2,1-2H3,(H2,14,18). The lowest BCUT2D eigenvalue weighted by atomic mass is 10.2. The number of carbonyl (C=O) groups is 1. The van der Waals surface area contributed by atoms with Gasteiger partial charge in [0, 0.05) is 11.4 Å². The van der Waals surface area contributed by atoms with Gasteiger partial charge in [0.05, 0.1) is 17.4 Å². The Balaban J connectivity index is 2.40. The summed E-state index contributed by atoms with van der Waals surface area (Å²) in [6, 6.07) is 3.37. The first kappa shape index (κ1) is 13.3. The van der Waals surface area contributed by atoms with E-state index in [9.17, 15) is 4.79 Å². The number of nitrogen functional groups attached to an aromatic ring is 1. The summed E-state index contributed by atoms with van der Waals surface area (Å²) in [5.41, 5.74) is 13.3. The number of nitrogens with two attached hydrogens (primary N) is 2. The van der Waals surface area contributed by atoms with Crippen LogP contribution in [-0.2, 0) is 0 Å². The molecule has 0 saturated heterocycles. The third-order valence-electron chi connectivity index (χ3n) is 2.29. The molecular weight excluding hydrogens is 262 g/mol. The van der Waals surface area contributed by atoms with Gasteiger partial charge in [-0.15, -0.1) is 0 Å². The highest BCUT2D eigenvalue weighted by Gasteiger charge is 2.13. The molecule has 6 nitrogen and oxygen atoms in total. The Morgan fingerprint density at radius 1 is 1.21 bits per heavy atom. The van der Waals surface area contributed by atoms with E-state index in [1.54, 1.807) is 0 Å². The van der Waals surface area contributed by atoms with Gasteiger partial charge in [0.2, 0.25) is 0 Å². The van der Waals surface area contributed by atoms with E-state index in [0.29, 0.717) is 15.9 Å². The van der Waals surface area contributed by atoms with Crippen LogP contribution in [0.2, 0.25) is 0 Å². The molecular formula is C12H13N5OS. The highest BCUT2D eigenvalue weighted by atomic mass is 32.2. The number of amides is 1. The molecule has 0 aromatic carbocycles. The van der Waals surface area contributed by atoms with Crippen LogP contribution in [0, 0.1) is 13.8 Å². The van der Waals surface area contributed by atoms with Gasteiger partial charge in [0.1, 0.15) is 5.03 Å². The lowest BCUT2D eigenvalue weighted by Crippen LogP contribution is -2.13. The highest BCUT2D eigenvalue weighted by Crippen LogP contribution is 2.27. The van der Waals surface area contributed by atoms with E-state index in [1.807, 2.05) is 19.9 Å². The zero-order chi connectivity index (χ0) is 14.0. The Kier molecular flexibility index (Phi) is 3.66. The van der Waals surface area contributed by atoms with Gasteiger partial charge in [-0.2, -0.15) is 0 Å². The summed E-state index contributed by atoms with van der Waals surface area (Å²) in [6.07, 6.45) is 1.47. The number of hydrogen-bond donors (Lipinski definition) is 2. The number of nitrogens with zero attached hydrogens (tertiary/aromatic N) is 3. The van der Waals surface area contributed by atoms with Gasteiger partial charge in [-0.05, 0) is 37.7 Å². The van der Waals surface area contributed by atoms with E-state index in [4.69, 9.17) is 11.5 Å². The largest absolute Gasteiger partial charge is 0.397 e. The maximum absolute atomic E-state index is 11.4. The smallest absolute Gasteiger partial charge is 0.251 e. The molecule has 0 atom stereocenters. The fourth-order valence-electron chi connectivity index (χ4n) is 1.55. The second kappa shape index (κ2) is 5.23. The number of primary amides is 1. The van der Waals surface area contributed by atoms with Gasteiger partial charge in [-0.1, -0.05) is 0 Å². The van der Waals surface area contributed by atoms with Crippen molar-refractivity contribution in [2.24, 2.45) is 5.73 Å². The highest BCUT2D eigenvalue weighted by molar-refractivity contribution is 7.99. The van der Waals surface area contributed by atoms with Gasteiger partial charge in [-0.3, -0.25) is 4.79 Å². The van der Waals surface area contributed by atoms with E-state index in [2.05, 4.69) is 15.0 Å². The Labute approximate surface area is 114 Å². The minimum Gasteiger partial charge on any atom is -0.397 e. The van der Waals surface area contributed by atoms with E-state index in [1.165, 1.54) is 24.0 Å². The van der Waals surface area contributed by atoms with Crippen molar-refractivity contribution in [1.29, 1.82) is 0 Å². The van der Waals surface area contributed by atoms with E-state index in [0.717, 1.165) is 11.4 Å². The molecule has 0 aliphatic heterocycles. The molecule has 7 heteroatoms. The van der Waals surface area contributed by atoms with Crippen LogP contribution in [0.1, 0.15) is 21.7 Å². The van der Waals surface area contributed by atoms with E-state index < -0.39 is 5.91 Å². The second-order valence-corrected chi connectivity index (χ2v) is 4.98. The van der Waals surface area contributed by atoms with Gasteiger partial charge in [0.15, 0.2) is 5.16 Å². The Morgan fingerprint density at radius 2 is 1.84 bits per heavy atom. The molecule has 19 heavy (non-hydrogen) atoms. The minimum absolute atomic E-state index is 0.271. The first-order chi connectivity index (χ1) is 8.95. The molecule has 0 spiro atoms. The molecule has 98 valence electrons. The molecule has 2 aromatic rings. The molecule has 4 N–H and O–H groups in total. The number of hydrogen-bond acceptors (Lipinski definition) is 6. The van der Waals surface area contributed by atoms with Crippen molar-refractivity contribution in [2.75, 3.05) is 5.73 Å². The van der Waals surface area contributed by atoms with Crippen molar-refractivity contribution in [1.82, 2.24) is 15.0 Å². The Hall–Kier alpha value is -2.15. The zero-order valence-electron chi connectivity index (χ0n) is 10.5. The lowest BCUT2D eigenvalue weighted by molar-refractivity contribution is 0.0997. The molecule has 2 heterocycles. The lowest BCUT2D eigenvalue weighted by Gasteiger charge is -2.06. The molecule has 1 amide bonds. The van der Waals surface area contributed by atoms with Gasteiger partial charge >= 0.3 is 0 Å². The summed E-state index contributed by atoms with van der Waals surface area (Å²) in [7, 11) is 0. The number of aryl methyl sites for hydroxylation is 2. The first-order valence-corrected chi connectivity index (χ1v) is 6.33. The number of pyridine rings is 1. The molecule has 0 radical (unpaired) electrons. The average molecular weight is 275 g/mol. The summed E-state index contributed by atoms with van der Waals surface area (Å²) in [5, 5.41) is 0.976. The van der Waals surface area contributed by atoms with Crippen molar-refractivity contribution in [3.63, 3.8) is 0 Å². The molecule has 0 aliphatic rings. The number of aromatic nitrogens is 3. The Bertz CT molecular complexity index is 624. The zero-order valence-corrected chi connectivity index (χ0v) is 11.4. The number of carbonyl (C=O) groups excluding carboxylic acids is 1. The summed E-state index contributed by atoms with van der Waals surface area (Å²) in [5.74, 6) is -0.577. The second-order valence-electron chi connectivity index (χ2n) is 4.02. The maximum Gasteiger partial charge on any atom is 0.251 e. The molecule has 2 rings (SSSR count). The molecule has 2 aromatic heterocycles. The van der Waals surface area contributed by atoms with Crippen molar-refractivity contribution < 1.29 is 4.79 Å². The van der Waals surface area contributed by atoms with Gasteiger partial charge in [0.25, 0.3) is 5.91 Å². The van der Waals surface area contributed by atoms with Crippen LogP contribution in [0.4, 0.5) is 5.69 Å². The number of rotatable bonds is 3. The maximum atomic E-state index is 11.4. The minimum atomic E-state index is -0.577. The van der Waals surface area contributed by atoms with Gasteiger partial charge < -0.3 is 11.5 Å². The van der Waals surface area contributed by atoms with E-state index in [-0.39, 0.29) is 5.56 Å². The van der Waals surface area contributed by atoms with Crippen LogP contribution in [0.15, 0.2) is 28.5 Å².